The second-order valence-corrected chi connectivity index (χ2v) is 8.99. The van der Waals surface area contributed by atoms with Gasteiger partial charge in [-0.15, -0.1) is 11.8 Å². The van der Waals surface area contributed by atoms with Gasteiger partial charge >= 0.3 is 0 Å². The number of amides is 1. The molecule has 1 aliphatic heterocycles. The van der Waals surface area contributed by atoms with Crippen LogP contribution in [0.15, 0.2) is 29.2 Å². The lowest BCUT2D eigenvalue weighted by Crippen LogP contribution is -2.23. The first-order valence-corrected chi connectivity index (χ1v) is 11.5. The van der Waals surface area contributed by atoms with Crippen molar-refractivity contribution in [1.29, 1.82) is 5.26 Å². The second-order valence-electron chi connectivity index (χ2n) is 7.51. The van der Waals surface area contributed by atoms with Crippen molar-refractivity contribution in [2.45, 2.75) is 56.1 Å². The summed E-state index contributed by atoms with van der Waals surface area (Å²) in [6.07, 6.45) is 6.29. The SMILES string of the molecule is N#Cc1c2c(n(CC3CCCO3)c1NC(=O)CSc1cccc(Cl)c1)CCCC2. The fourth-order valence-corrected chi connectivity index (χ4v) is 5.20. The first kappa shape index (κ1) is 20.3. The van der Waals surface area contributed by atoms with E-state index >= 15 is 0 Å². The van der Waals surface area contributed by atoms with Crippen molar-refractivity contribution in [3.8, 4) is 6.07 Å². The van der Waals surface area contributed by atoms with Crippen LogP contribution in [0.4, 0.5) is 5.82 Å². The van der Waals surface area contributed by atoms with Gasteiger partial charge in [-0.05, 0) is 62.3 Å². The molecular weight excluding hydrogens is 406 g/mol. The van der Waals surface area contributed by atoms with Gasteiger partial charge < -0.3 is 14.6 Å². The van der Waals surface area contributed by atoms with Crippen LogP contribution >= 0.6 is 23.4 Å². The summed E-state index contributed by atoms with van der Waals surface area (Å²) in [5.41, 5.74) is 2.93. The van der Waals surface area contributed by atoms with Gasteiger partial charge in [-0.1, -0.05) is 17.7 Å². The number of nitrogens with one attached hydrogen (secondary N) is 1. The number of nitrogens with zero attached hydrogens (tertiary/aromatic N) is 2. The number of nitriles is 1. The van der Waals surface area contributed by atoms with E-state index in [4.69, 9.17) is 16.3 Å². The van der Waals surface area contributed by atoms with Gasteiger partial charge in [-0.3, -0.25) is 4.79 Å². The third kappa shape index (κ3) is 4.63. The second kappa shape index (κ2) is 9.25. The van der Waals surface area contributed by atoms with E-state index in [0.29, 0.717) is 22.9 Å². The fraction of sp³-hybridized carbons (Fsp3) is 0.455. The summed E-state index contributed by atoms with van der Waals surface area (Å²) in [6, 6.07) is 9.82. The molecule has 2 heterocycles. The molecule has 0 saturated carbocycles. The van der Waals surface area contributed by atoms with Gasteiger partial charge in [0.2, 0.25) is 5.91 Å². The number of benzene rings is 1. The van der Waals surface area contributed by atoms with Crippen molar-refractivity contribution in [3.63, 3.8) is 0 Å². The summed E-state index contributed by atoms with van der Waals surface area (Å²) in [5, 5.41) is 13.5. The highest BCUT2D eigenvalue weighted by atomic mass is 35.5. The Bertz CT molecular complexity index is 944. The van der Waals surface area contributed by atoms with E-state index in [1.165, 1.54) is 17.5 Å². The van der Waals surface area contributed by atoms with E-state index in [0.717, 1.165) is 55.6 Å². The summed E-state index contributed by atoms with van der Waals surface area (Å²) >= 11 is 7.46. The van der Waals surface area contributed by atoms with Crippen molar-refractivity contribution in [2.75, 3.05) is 17.7 Å². The molecule has 5 nitrogen and oxygen atoms in total. The molecular formula is C22H24ClN3O2S. The summed E-state index contributed by atoms with van der Waals surface area (Å²) in [5.74, 6) is 0.794. The monoisotopic (exact) mass is 429 g/mol. The number of halogens is 1. The van der Waals surface area contributed by atoms with Crippen molar-refractivity contribution in [2.24, 2.45) is 0 Å². The molecule has 1 amide bonds. The Balaban J connectivity index is 1.55. The molecule has 0 spiro atoms. The molecule has 152 valence electrons. The fourth-order valence-electron chi connectivity index (χ4n) is 4.19. The van der Waals surface area contributed by atoms with Gasteiger partial charge in [0.15, 0.2) is 0 Å². The average molecular weight is 430 g/mol. The maximum Gasteiger partial charge on any atom is 0.235 e. The largest absolute Gasteiger partial charge is 0.376 e. The van der Waals surface area contributed by atoms with Crippen LogP contribution in [0.5, 0.6) is 0 Å². The van der Waals surface area contributed by atoms with Crippen LogP contribution in [-0.2, 0) is 28.9 Å². The smallest absolute Gasteiger partial charge is 0.235 e. The number of hydrogen-bond acceptors (Lipinski definition) is 4. The Kier molecular flexibility index (Phi) is 6.49. The van der Waals surface area contributed by atoms with Crippen molar-refractivity contribution in [3.05, 3.63) is 46.1 Å². The predicted molar refractivity (Wildman–Crippen MR) is 116 cm³/mol. The minimum atomic E-state index is -0.116. The quantitative estimate of drug-likeness (QED) is 0.669. The first-order valence-electron chi connectivity index (χ1n) is 10.1. The molecule has 1 aliphatic carbocycles. The molecule has 1 N–H and O–H groups in total. The highest BCUT2D eigenvalue weighted by Crippen LogP contribution is 2.34. The summed E-state index contributed by atoms with van der Waals surface area (Å²) < 4.78 is 7.98. The number of hydrogen-bond donors (Lipinski definition) is 1. The average Bonchev–Trinajstić information content (AvgIpc) is 3.34. The Labute approximate surface area is 180 Å². The van der Waals surface area contributed by atoms with Gasteiger partial charge in [-0.25, -0.2) is 0 Å². The highest BCUT2D eigenvalue weighted by molar-refractivity contribution is 8.00. The number of carbonyl (C=O) groups excluding carboxylic acids is 1. The van der Waals surface area contributed by atoms with Crippen LogP contribution in [0, 0.1) is 11.3 Å². The van der Waals surface area contributed by atoms with E-state index in [1.807, 2.05) is 24.3 Å². The van der Waals surface area contributed by atoms with Crippen molar-refractivity contribution in [1.82, 2.24) is 4.57 Å². The van der Waals surface area contributed by atoms with Crippen LogP contribution < -0.4 is 5.32 Å². The van der Waals surface area contributed by atoms with Crippen LogP contribution in [-0.4, -0.2) is 28.9 Å². The molecule has 29 heavy (non-hydrogen) atoms. The number of thioether (sulfide) groups is 1. The molecule has 1 fully saturated rings. The molecule has 1 aromatic heterocycles. The molecule has 0 radical (unpaired) electrons. The minimum Gasteiger partial charge on any atom is -0.376 e. The van der Waals surface area contributed by atoms with Gasteiger partial charge in [0.05, 0.1) is 24.0 Å². The molecule has 2 aromatic rings. The van der Waals surface area contributed by atoms with Crippen LogP contribution in [0.1, 0.15) is 42.5 Å². The number of anilines is 1. The van der Waals surface area contributed by atoms with E-state index in [9.17, 15) is 10.1 Å². The molecule has 1 saturated heterocycles. The minimum absolute atomic E-state index is 0.116. The molecule has 4 rings (SSSR count). The zero-order chi connectivity index (χ0) is 20.2. The normalized spacial score (nSPS) is 18.3. The van der Waals surface area contributed by atoms with Gasteiger partial charge in [0.1, 0.15) is 11.9 Å². The topological polar surface area (TPSA) is 67.1 Å². The number of rotatable bonds is 6. The van der Waals surface area contributed by atoms with Crippen LogP contribution in [0.2, 0.25) is 5.02 Å². The third-order valence-corrected chi connectivity index (χ3v) is 6.75. The Morgan fingerprint density at radius 3 is 2.97 bits per heavy atom. The number of carbonyl (C=O) groups is 1. The summed E-state index contributed by atoms with van der Waals surface area (Å²) in [7, 11) is 0. The Hall–Kier alpha value is -1.94. The lowest BCUT2D eigenvalue weighted by Gasteiger charge is -2.19. The van der Waals surface area contributed by atoms with Crippen molar-refractivity contribution < 1.29 is 9.53 Å². The molecule has 1 unspecified atom stereocenters. The van der Waals surface area contributed by atoms with E-state index in [2.05, 4.69) is 16.0 Å². The lowest BCUT2D eigenvalue weighted by molar-refractivity contribution is -0.113. The maximum atomic E-state index is 12.7. The zero-order valence-electron chi connectivity index (χ0n) is 16.2. The predicted octanol–water partition coefficient (Wildman–Crippen LogP) is 4.80. The third-order valence-electron chi connectivity index (χ3n) is 5.52. The highest BCUT2D eigenvalue weighted by Gasteiger charge is 2.28. The molecule has 2 aliphatic rings. The standard InChI is InChI=1S/C22H24ClN3O2S/c23-15-5-3-7-17(11-15)29-14-21(27)25-22-19(12-24)18-8-1-2-9-20(18)26(22)13-16-6-4-10-28-16/h3,5,7,11,16H,1-2,4,6,8-10,13-14H2,(H,25,27). The summed E-state index contributed by atoms with van der Waals surface area (Å²) in [4.78, 5) is 13.7. The molecule has 1 aromatic carbocycles. The van der Waals surface area contributed by atoms with Gasteiger partial charge in [0.25, 0.3) is 0 Å². The van der Waals surface area contributed by atoms with Gasteiger partial charge in [0, 0.05) is 22.2 Å². The van der Waals surface area contributed by atoms with E-state index in [1.54, 1.807) is 0 Å². The number of fused-ring (bicyclic) bond motifs is 1. The lowest BCUT2D eigenvalue weighted by atomic mass is 9.95. The maximum absolute atomic E-state index is 12.7. The van der Waals surface area contributed by atoms with Crippen LogP contribution in [0.25, 0.3) is 0 Å². The zero-order valence-corrected chi connectivity index (χ0v) is 17.8. The summed E-state index contributed by atoms with van der Waals surface area (Å²) in [6.45, 7) is 1.48. The molecule has 0 bridgehead atoms. The first-order chi connectivity index (χ1) is 14.2. The van der Waals surface area contributed by atoms with Crippen molar-refractivity contribution >= 4 is 35.1 Å². The number of ether oxygens (including phenoxy) is 1. The van der Waals surface area contributed by atoms with Crippen LogP contribution in [0.3, 0.4) is 0 Å². The molecule has 1 atom stereocenters. The van der Waals surface area contributed by atoms with Gasteiger partial charge in [-0.2, -0.15) is 5.26 Å². The number of aromatic nitrogens is 1. The van der Waals surface area contributed by atoms with E-state index in [-0.39, 0.29) is 17.8 Å². The Morgan fingerprint density at radius 1 is 1.34 bits per heavy atom. The molecule has 7 heteroatoms. The Morgan fingerprint density at radius 2 is 2.21 bits per heavy atom. The van der Waals surface area contributed by atoms with E-state index < -0.39 is 0 Å².